The molecule has 0 amide bonds. The van der Waals surface area contributed by atoms with Crippen molar-refractivity contribution in [3.8, 4) is 0 Å². The van der Waals surface area contributed by atoms with Crippen LogP contribution in [-0.2, 0) is 5.54 Å². The number of nitrogens with two attached hydrogens (primary N) is 1. The number of halogens is 1. The van der Waals surface area contributed by atoms with E-state index >= 15 is 0 Å². The number of guanidine groups is 1. The average Bonchev–Trinajstić information content (AvgIpc) is 2.56. The molecular weight excluding hydrogens is 278 g/mol. The Labute approximate surface area is 111 Å². The zero-order valence-corrected chi connectivity index (χ0v) is 12.0. The van der Waals surface area contributed by atoms with Crippen molar-refractivity contribution in [1.29, 1.82) is 0 Å². The van der Waals surface area contributed by atoms with Crippen LogP contribution in [0, 0.1) is 0 Å². The summed E-state index contributed by atoms with van der Waals surface area (Å²) < 4.78 is 1.09. The molecular formula is C13H18BrN3. The largest absolute Gasteiger partial charge is 0.370 e. The fraction of sp³-hybridized carbons (Fsp3) is 0.462. The standard InChI is InChI=1S/C13H18BrN3/c1-9(2)17-12(15)16-8-13(17,3)10-4-6-11(14)7-5-10/h4-7,9H,8H2,1-3H3,(H2,15,16). The number of nitrogens with zero attached hydrogens (tertiary/aromatic N) is 2. The van der Waals surface area contributed by atoms with Crippen LogP contribution in [0.3, 0.4) is 0 Å². The molecule has 0 saturated heterocycles. The van der Waals surface area contributed by atoms with Crippen molar-refractivity contribution < 1.29 is 0 Å². The maximum absolute atomic E-state index is 5.99. The summed E-state index contributed by atoms with van der Waals surface area (Å²) in [6, 6.07) is 8.73. The third kappa shape index (κ3) is 2.06. The summed E-state index contributed by atoms with van der Waals surface area (Å²) in [5.74, 6) is 0.644. The average molecular weight is 296 g/mol. The Balaban J connectivity index is 2.39. The van der Waals surface area contributed by atoms with Crippen LogP contribution in [0.4, 0.5) is 0 Å². The Morgan fingerprint density at radius 3 is 2.47 bits per heavy atom. The molecule has 1 heterocycles. The molecule has 1 unspecified atom stereocenters. The van der Waals surface area contributed by atoms with Gasteiger partial charge in [-0.05, 0) is 38.5 Å². The molecule has 1 atom stereocenters. The Hall–Kier alpha value is -1.03. The molecule has 2 N–H and O–H groups in total. The monoisotopic (exact) mass is 295 g/mol. The molecule has 1 aromatic carbocycles. The highest BCUT2D eigenvalue weighted by Gasteiger charge is 2.40. The lowest BCUT2D eigenvalue weighted by Crippen LogP contribution is -2.50. The fourth-order valence-corrected chi connectivity index (χ4v) is 2.78. The molecule has 0 saturated carbocycles. The van der Waals surface area contributed by atoms with Gasteiger partial charge in [0.15, 0.2) is 5.96 Å². The van der Waals surface area contributed by atoms with E-state index in [1.165, 1.54) is 5.56 Å². The lowest BCUT2D eigenvalue weighted by atomic mass is 9.90. The van der Waals surface area contributed by atoms with E-state index in [0.29, 0.717) is 12.0 Å². The van der Waals surface area contributed by atoms with Gasteiger partial charge in [-0.25, -0.2) is 0 Å². The van der Waals surface area contributed by atoms with Gasteiger partial charge in [-0.15, -0.1) is 0 Å². The van der Waals surface area contributed by atoms with E-state index in [9.17, 15) is 0 Å². The summed E-state index contributed by atoms with van der Waals surface area (Å²) in [4.78, 5) is 6.59. The van der Waals surface area contributed by atoms with E-state index in [1.807, 2.05) is 0 Å². The second-order valence-electron chi connectivity index (χ2n) is 4.92. The van der Waals surface area contributed by atoms with Gasteiger partial charge in [-0.3, -0.25) is 4.99 Å². The van der Waals surface area contributed by atoms with Gasteiger partial charge < -0.3 is 10.6 Å². The summed E-state index contributed by atoms with van der Waals surface area (Å²) in [5, 5.41) is 0. The van der Waals surface area contributed by atoms with Crippen molar-refractivity contribution in [2.75, 3.05) is 6.54 Å². The molecule has 1 aliphatic rings. The van der Waals surface area contributed by atoms with Crippen molar-refractivity contribution >= 4 is 21.9 Å². The topological polar surface area (TPSA) is 41.6 Å². The maximum atomic E-state index is 5.99. The molecule has 0 aromatic heterocycles. The molecule has 92 valence electrons. The van der Waals surface area contributed by atoms with Crippen LogP contribution < -0.4 is 5.73 Å². The van der Waals surface area contributed by atoms with Gasteiger partial charge in [0.2, 0.25) is 0 Å². The van der Waals surface area contributed by atoms with Crippen molar-refractivity contribution in [1.82, 2.24) is 4.90 Å². The molecule has 17 heavy (non-hydrogen) atoms. The van der Waals surface area contributed by atoms with Crippen LogP contribution in [-0.4, -0.2) is 23.4 Å². The van der Waals surface area contributed by atoms with Gasteiger partial charge in [0.05, 0.1) is 12.1 Å². The fourth-order valence-electron chi connectivity index (χ4n) is 2.51. The highest BCUT2D eigenvalue weighted by Crippen LogP contribution is 2.34. The molecule has 0 spiro atoms. The minimum absolute atomic E-state index is 0.126. The van der Waals surface area contributed by atoms with E-state index in [0.717, 1.165) is 11.0 Å². The Kier molecular flexibility index (Phi) is 3.17. The van der Waals surface area contributed by atoms with E-state index < -0.39 is 0 Å². The van der Waals surface area contributed by atoms with Crippen molar-refractivity contribution in [2.24, 2.45) is 10.7 Å². The number of hydrogen-bond acceptors (Lipinski definition) is 3. The number of hydrogen-bond donors (Lipinski definition) is 1. The summed E-state index contributed by atoms with van der Waals surface area (Å²) in [5.41, 5.74) is 7.11. The third-order valence-electron chi connectivity index (χ3n) is 3.31. The summed E-state index contributed by atoms with van der Waals surface area (Å²) in [6.07, 6.45) is 0. The molecule has 0 fully saturated rings. The molecule has 2 rings (SSSR count). The van der Waals surface area contributed by atoms with Gasteiger partial charge in [0.25, 0.3) is 0 Å². The molecule has 0 bridgehead atoms. The molecule has 0 aliphatic carbocycles. The van der Waals surface area contributed by atoms with Gasteiger partial charge >= 0.3 is 0 Å². The van der Waals surface area contributed by atoms with Crippen molar-refractivity contribution in [3.63, 3.8) is 0 Å². The second kappa shape index (κ2) is 4.33. The Morgan fingerprint density at radius 1 is 1.35 bits per heavy atom. The first-order valence-corrected chi connectivity index (χ1v) is 6.60. The lowest BCUT2D eigenvalue weighted by molar-refractivity contribution is 0.185. The van der Waals surface area contributed by atoms with Gasteiger partial charge in [0, 0.05) is 10.5 Å². The van der Waals surface area contributed by atoms with Crippen LogP contribution in [0.1, 0.15) is 26.3 Å². The van der Waals surface area contributed by atoms with E-state index in [4.69, 9.17) is 5.73 Å². The first-order chi connectivity index (χ1) is 7.95. The van der Waals surface area contributed by atoms with Crippen LogP contribution >= 0.6 is 15.9 Å². The second-order valence-corrected chi connectivity index (χ2v) is 5.83. The van der Waals surface area contributed by atoms with Crippen LogP contribution in [0.2, 0.25) is 0 Å². The normalized spacial score (nSPS) is 24.3. The Bertz CT molecular complexity index is 438. The van der Waals surface area contributed by atoms with Crippen molar-refractivity contribution in [2.45, 2.75) is 32.4 Å². The maximum Gasteiger partial charge on any atom is 0.192 e. The zero-order valence-electron chi connectivity index (χ0n) is 10.4. The number of rotatable bonds is 2. The van der Waals surface area contributed by atoms with Crippen LogP contribution in [0.5, 0.6) is 0 Å². The highest BCUT2D eigenvalue weighted by molar-refractivity contribution is 9.10. The predicted octanol–water partition coefficient (Wildman–Crippen LogP) is 2.70. The first-order valence-electron chi connectivity index (χ1n) is 5.80. The lowest BCUT2D eigenvalue weighted by Gasteiger charge is -2.39. The van der Waals surface area contributed by atoms with E-state index in [1.54, 1.807) is 0 Å². The van der Waals surface area contributed by atoms with E-state index in [2.05, 4.69) is 70.9 Å². The summed E-state index contributed by atoms with van der Waals surface area (Å²) in [7, 11) is 0. The van der Waals surface area contributed by atoms with Crippen LogP contribution in [0.15, 0.2) is 33.7 Å². The van der Waals surface area contributed by atoms with E-state index in [-0.39, 0.29) is 5.54 Å². The summed E-state index contributed by atoms with van der Waals surface area (Å²) in [6.45, 7) is 7.20. The minimum atomic E-state index is -0.126. The molecule has 0 radical (unpaired) electrons. The molecule has 1 aliphatic heterocycles. The predicted molar refractivity (Wildman–Crippen MR) is 75.0 cm³/mol. The SMILES string of the molecule is CC(C)N1C(N)=NCC1(C)c1ccc(Br)cc1. The number of benzene rings is 1. The van der Waals surface area contributed by atoms with Crippen molar-refractivity contribution in [3.05, 3.63) is 34.3 Å². The number of aliphatic imine (C=N–C) groups is 1. The summed E-state index contributed by atoms with van der Waals surface area (Å²) >= 11 is 3.46. The third-order valence-corrected chi connectivity index (χ3v) is 3.84. The highest BCUT2D eigenvalue weighted by atomic mass is 79.9. The Morgan fingerprint density at radius 2 is 1.94 bits per heavy atom. The van der Waals surface area contributed by atoms with Gasteiger partial charge in [0.1, 0.15) is 0 Å². The smallest absolute Gasteiger partial charge is 0.192 e. The molecule has 4 heteroatoms. The first kappa shape index (κ1) is 12.4. The minimum Gasteiger partial charge on any atom is -0.370 e. The van der Waals surface area contributed by atoms with Crippen LogP contribution in [0.25, 0.3) is 0 Å². The van der Waals surface area contributed by atoms with Gasteiger partial charge in [-0.2, -0.15) is 0 Å². The zero-order chi connectivity index (χ0) is 12.6. The van der Waals surface area contributed by atoms with Gasteiger partial charge in [-0.1, -0.05) is 28.1 Å². The molecule has 1 aromatic rings. The quantitative estimate of drug-likeness (QED) is 0.911. The molecule has 3 nitrogen and oxygen atoms in total.